The lowest BCUT2D eigenvalue weighted by Gasteiger charge is -2.26. The number of esters is 2. The number of thiol groups is 2. The molecule has 6 heteroatoms. The fraction of sp³-hybridized carbons (Fsp3) is 0.257. The monoisotopic (exact) mass is 584 g/mol. The van der Waals surface area contributed by atoms with Crippen LogP contribution in [0.25, 0.3) is 0 Å². The summed E-state index contributed by atoms with van der Waals surface area (Å²) in [4.78, 5) is 25.0. The van der Waals surface area contributed by atoms with E-state index in [-0.39, 0.29) is 40.7 Å². The van der Waals surface area contributed by atoms with Gasteiger partial charge in [0, 0.05) is 15.9 Å². The molecule has 212 valence electrons. The van der Waals surface area contributed by atoms with E-state index in [0.29, 0.717) is 11.5 Å². The van der Waals surface area contributed by atoms with E-state index < -0.39 is 0 Å². The molecule has 0 amide bonds. The lowest BCUT2D eigenvalue weighted by molar-refractivity contribution is -0.135. The maximum atomic E-state index is 12.5. The minimum Gasteiger partial charge on any atom is -0.426 e. The van der Waals surface area contributed by atoms with Gasteiger partial charge in [-0.25, -0.2) is 0 Å². The lowest BCUT2D eigenvalue weighted by Crippen LogP contribution is -2.19. The molecule has 0 fully saturated rings. The van der Waals surface area contributed by atoms with Crippen molar-refractivity contribution in [1.82, 2.24) is 0 Å². The molecule has 0 N–H and O–H groups in total. The zero-order valence-electron chi connectivity index (χ0n) is 23.8. The van der Waals surface area contributed by atoms with E-state index in [9.17, 15) is 9.59 Å². The van der Waals surface area contributed by atoms with Gasteiger partial charge in [0.1, 0.15) is 11.5 Å². The summed E-state index contributed by atoms with van der Waals surface area (Å²) in [6.07, 6.45) is 0.355. The summed E-state index contributed by atoms with van der Waals surface area (Å²) < 4.78 is 11.2. The highest BCUT2D eigenvalue weighted by molar-refractivity contribution is 7.80. The Morgan fingerprint density at radius 3 is 1.22 bits per heavy atom. The van der Waals surface area contributed by atoms with Gasteiger partial charge in [0.05, 0.1) is 12.8 Å². The van der Waals surface area contributed by atoms with E-state index >= 15 is 0 Å². The van der Waals surface area contributed by atoms with Gasteiger partial charge in [0.2, 0.25) is 0 Å². The van der Waals surface area contributed by atoms with Crippen molar-refractivity contribution in [3.05, 3.63) is 130 Å². The molecule has 0 aliphatic heterocycles. The van der Waals surface area contributed by atoms with Crippen molar-refractivity contribution in [3.63, 3.8) is 0 Å². The van der Waals surface area contributed by atoms with E-state index in [4.69, 9.17) is 9.47 Å². The van der Waals surface area contributed by atoms with Crippen LogP contribution in [0.5, 0.6) is 11.5 Å². The van der Waals surface area contributed by atoms with Gasteiger partial charge in [-0.05, 0) is 60.4 Å². The summed E-state index contributed by atoms with van der Waals surface area (Å²) in [7, 11) is 0. The SMILES string of the molecule is Cc1ccc(C(S)CC(=O)Oc2ccc(C(C)(C)c3ccc(OC(=O)CC(S)c4ccc(C)cc4)cc3)cc2)cc1. The molecule has 4 nitrogen and oxygen atoms in total. The minimum atomic E-state index is -0.328. The number of benzene rings is 4. The van der Waals surface area contributed by atoms with Gasteiger partial charge in [0.25, 0.3) is 0 Å². The number of hydrogen-bond acceptors (Lipinski definition) is 6. The third-order valence-electron chi connectivity index (χ3n) is 7.26. The van der Waals surface area contributed by atoms with Gasteiger partial charge in [-0.2, -0.15) is 25.3 Å². The fourth-order valence-corrected chi connectivity index (χ4v) is 5.16. The standard InChI is InChI=1S/C35H36O4S2/c1-23-5-9-25(10-6-23)31(40)21-33(36)38-29-17-13-27(14-18-29)35(3,4)28-15-19-30(20-16-28)39-34(37)22-32(41)26-11-7-24(2)8-12-26/h5-20,31-32,40-41H,21-22H2,1-4H3. The van der Waals surface area contributed by atoms with Crippen LogP contribution >= 0.6 is 25.3 Å². The number of ether oxygens (including phenoxy) is 2. The second-order valence-corrected chi connectivity index (χ2v) is 12.1. The molecule has 0 radical (unpaired) electrons. The molecule has 4 aromatic rings. The quantitative estimate of drug-likeness (QED) is 0.111. The number of carbonyl (C=O) groups excluding carboxylic acids is 2. The molecule has 0 aromatic heterocycles. The molecule has 0 spiro atoms. The van der Waals surface area contributed by atoms with Crippen LogP contribution in [0.1, 0.15) is 70.6 Å². The van der Waals surface area contributed by atoms with Crippen molar-refractivity contribution in [2.45, 2.75) is 56.5 Å². The normalized spacial score (nSPS) is 12.8. The van der Waals surface area contributed by atoms with E-state index in [2.05, 4.69) is 39.1 Å². The fourth-order valence-electron chi connectivity index (χ4n) is 4.52. The van der Waals surface area contributed by atoms with E-state index in [0.717, 1.165) is 33.4 Å². The van der Waals surface area contributed by atoms with Crippen molar-refractivity contribution >= 4 is 37.2 Å². The van der Waals surface area contributed by atoms with Crippen LogP contribution in [0, 0.1) is 13.8 Å². The van der Waals surface area contributed by atoms with Crippen LogP contribution in [0.4, 0.5) is 0 Å². The van der Waals surface area contributed by atoms with Gasteiger partial charge in [-0.3, -0.25) is 9.59 Å². The molecule has 2 atom stereocenters. The van der Waals surface area contributed by atoms with Crippen LogP contribution in [0.15, 0.2) is 97.1 Å². The summed E-state index contributed by atoms with van der Waals surface area (Å²) in [6.45, 7) is 8.29. The second-order valence-electron chi connectivity index (χ2n) is 10.9. The third-order valence-corrected chi connectivity index (χ3v) is 8.22. The highest BCUT2D eigenvalue weighted by atomic mass is 32.1. The number of aryl methyl sites for hydroxylation is 2. The van der Waals surface area contributed by atoms with Gasteiger partial charge in [0.15, 0.2) is 0 Å². The Kier molecular flexibility index (Phi) is 10.0. The lowest BCUT2D eigenvalue weighted by atomic mass is 9.78. The predicted molar refractivity (Wildman–Crippen MR) is 171 cm³/mol. The largest absolute Gasteiger partial charge is 0.426 e. The first-order chi connectivity index (χ1) is 19.5. The summed E-state index contributed by atoms with van der Waals surface area (Å²) >= 11 is 9.16. The molecule has 4 rings (SSSR count). The molecule has 0 bridgehead atoms. The number of rotatable bonds is 10. The average molecular weight is 585 g/mol. The van der Waals surface area contributed by atoms with E-state index in [1.54, 1.807) is 0 Å². The van der Waals surface area contributed by atoms with Crippen LogP contribution in [-0.2, 0) is 15.0 Å². The Labute approximate surface area is 253 Å². The van der Waals surface area contributed by atoms with Crippen molar-refractivity contribution < 1.29 is 19.1 Å². The topological polar surface area (TPSA) is 52.6 Å². The van der Waals surface area contributed by atoms with Gasteiger partial charge < -0.3 is 9.47 Å². The van der Waals surface area contributed by atoms with Crippen LogP contribution in [0.3, 0.4) is 0 Å². The van der Waals surface area contributed by atoms with Crippen LogP contribution in [0.2, 0.25) is 0 Å². The minimum absolute atomic E-state index is 0.178. The molecule has 0 saturated heterocycles. The molecule has 4 aromatic carbocycles. The molecule has 0 heterocycles. The molecule has 2 unspecified atom stereocenters. The Balaban J connectivity index is 1.32. The summed E-state index contributed by atoms with van der Waals surface area (Å²) in [5.74, 6) is 0.334. The Bertz CT molecular complexity index is 1350. The average Bonchev–Trinajstić information content (AvgIpc) is 2.94. The molecule has 41 heavy (non-hydrogen) atoms. The Hall–Kier alpha value is -3.48. The van der Waals surface area contributed by atoms with Gasteiger partial charge in [-0.1, -0.05) is 97.8 Å². The van der Waals surface area contributed by atoms with Crippen molar-refractivity contribution in [1.29, 1.82) is 0 Å². The van der Waals surface area contributed by atoms with Gasteiger partial charge in [-0.15, -0.1) is 0 Å². The number of carbonyl (C=O) groups is 2. The van der Waals surface area contributed by atoms with Crippen LogP contribution in [-0.4, -0.2) is 11.9 Å². The first-order valence-electron chi connectivity index (χ1n) is 13.6. The highest BCUT2D eigenvalue weighted by Crippen LogP contribution is 2.34. The first-order valence-corrected chi connectivity index (χ1v) is 14.7. The zero-order chi connectivity index (χ0) is 29.6. The summed E-state index contributed by atoms with van der Waals surface area (Å²) in [5, 5.41) is -0.452. The molecule has 0 saturated carbocycles. The molecule has 0 aliphatic carbocycles. The second kappa shape index (κ2) is 13.5. The van der Waals surface area contributed by atoms with Crippen molar-refractivity contribution in [3.8, 4) is 11.5 Å². The van der Waals surface area contributed by atoms with Crippen molar-refractivity contribution in [2.24, 2.45) is 0 Å². The molecular formula is C35H36O4S2. The highest BCUT2D eigenvalue weighted by Gasteiger charge is 2.24. The summed E-state index contributed by atoms with van der Waals surface area (Å²) in [5.41, 5.74) is 6.10. The molecular weight excluding hydrogens is 549 g/mol. The first kappa shape index (κ1) is 30.5. The Morgan fingerprint density at radius 2 is 0.902 bits per heavy atom. The van der Waals surface area contributed by atoms with Crippen LogP contribution < -0.4 is 9.47 Å². The zero-order valence-corrected chi connectivity index (χ0v) is 25.6. The predicted octanol–water partition coefficient (Wildman–Crippen LogP) is 8.56. The van der Waals surface area contributed by atoms with E-state index in [1.165, 1.54) is 0 Å². The maximum absolute atomic E-state index is 12.5. The maximum Gasteiger partial charge on any atom is 0.312 e. The van der Waals surface area contributed by atoms with Crippen molar-refractivity contribution in [2.75, 3.05) is 0 Å². The smallest absolute Gasteiger partial charge is 0.312 e. The summed E-state index contributed by atoms with van der Waals surface area (Å²) in [6, 6.07) is 31.1. The molecule has 0 aliphatic rings. The van der Waals surface area contributed by atoms with Gasteiger partial charge >= 0.3 is 11.9 Å². The Morgan fingerprint density at radius 1 is 0.585 bits per heavy atom. The number of hydrogen-bond donors (Lipinski definition) is 2. The van der Waals surface area contributed by atoms with E-state index in [1.807, 2.05) is 111 Å². The third kappa shape index (κ3) is 8.27.